The quantitative estimate of drug-likeness (QED) is 0.513. The van der Waals surface area contributed by atoms with Gasteiger partial charge >= 0.3 is 5.97 Å². The largest absolute Gasteiger partial charge is 0.479 e. The highest BCUT2D eigenvalue weighted by Gasteiger charge is 2.42. The van der Waals surface area contributed by atoms with E-state index in [1.54, 1.807) is 12.1 Å². The SMILES string of the molecule is Cc1nc(-c2ccc(Cl)cc2)sc1C(=O)NCc1cccc(CC2(C(=O)O)CCCO2)c1. The zero-order valence-corrected chi connectivity index (χ0v) is 19.1. The zero-order valence-electron chi connectivity index (χ0n) is 17.6. The Morgan fingerprint density at radius 3 is 2.66 bits per heavy atom. The van der Waals surface area contributed by atoms with E-state index in [0.717, 1.165) is 28.1 Å². The average molecular weight is 471 g/mol. The van der Waals surface area contributed by atoms with Crippen LogP contribution in [0.2, 0.25) is 5.02 Å². The van der Waals surface area contributed by atoms with Gasteiger partial charge in [0.2, 0.25) is 0 Å². The molecule has 0 spiro atoms. The second-order valence-electron chi connectivity index (χ2n) is 7.87. The molecule has 0 aliphatic carbocycles. The molecule has 1 amide bonds. The summed E-state index contributed by atoms with van der Waals surface area (Å²) in [6.45, 7) is 2.62. The molecule has 0 saturated carbocycles. The van der Waals surface area contributed by atoms with Gasteiger partial charge < -0.3 is 15.2 Å². The number of aryl methyl sites for hydroxylation is 1. The number of carboxylic acids is 1. The molecule has 1 saturated heterocycles. The number of ether oxygens (including phenoxy) is 1. The molecule has 0 radical (unpaired) electrons. The van der Waals surface area contributed by atoms with E-state index in [1.807, 2.05) is 43.3 Å². The molecule has 1 aromatic heterocycles. The molecule has 1 aliphatic heterocycles. The lowest BCUT2D eigenvalue weighted by Gasteiger charge is -2.23. The number of halogens is 1. The van der Waals surface area contributed by atoms with Gasteiger partial charge in [-0.3, -0.25) is 4.79 Å². The molecule has 3 aromatic rings. The third kappa shape index (κ3) is 4.85. The standard InChI is InChI=1S/C24H23ClN2O4S/c1-15-20(32-22(27-15)18-6-8-19(25)9-7-18)21(28)26-14-17-5-2-4-16(12-17)13-24(23(29)30)10-3-11-31-24/h2,4-9,12H,3,10-11,13-14H2,1H3,(H,26,28)(H,29,30). The Hall–Kier alpha value is -2.74. The summed E-state index contributed by atoms with van der Waals surface area (Å²) in [4.78, 5) is 29.6. The minimum atomic E-state index is -1.15. The number of hydrogen-bond donors (Lipinski definition) is 2. The van der Waals surface area contributed by atoms with Crippen LogP contribution in [0.4, 0.5) is 0 Å². The predicted octanol–water partition coefficient (Wildman–Crippen LogP) is 4.88. The molecular formula is C24H23ClN2O4S. The molecule has 1 fully saturated rings. The monoisotopic (exact) mass is 470 g/mol. The third-order valence-electron chi connectivity index (χ3n) is 5.52. The van der Waals surface area contributed by atoms with Gasteiger partial charge in [-0.1, -0.05) is 48.0 Å². The van der Waals surface area contributed by atoms with Crippen molar-refractivity contribution in [1.29, 1.82) is 0 Å². The Morgan fingerprint density at radius 1 is 1.22 bits per heavy atom. The summed E-state index contributed by atoms with van der Waals surface area (Å²) in [6, 6.07) is 15.0. The van der Waals surface area contributed by atoms with Crippen LogP contribution in [0.5, 0.6) is 0 Å². The van der Waals surface area contributed by atoms with E-state index < -0.39 is 11.6 Å². The molecule has 166 valence electrons. The molecule has 6 nitrogen and oxygen atoms in total. The minimum absolute atomic E-state index is 0.188. The van der Waals surface area contributed by atoms with Gasteiger partial charge in [-0.25, -0.2) is 9.78 Å². The van der Waals surface area contributed by atoms with Crippen LogP contribution in [0, 0.1) is 6.92 Å². The number of aliphatic carboxylic acids is 1. The Bertz CT molecular complexity index is 1140. The van der Waals surface area contributed by atoms with Crippen LogP contribution in [0.1, 0.15) is 39.3 Å². The number of rotatable bonds is 7. The number of thiazole rings is 1. The summed E-state index contributed by atoms with van der Waals surface area (Å²) in [5.41, 5.74) is 2.21. The van der Waals surface area contributed by atoms with Crippen molar-refractivity contribution in [3.05, 3.63) is 75.3 Å². The second-order valence-corrected chi connectivity index (χ2v) is 9.31. The summed E-state index contributed by atoms with van der Waals surface area (Å²) in [7, 11) is 0. The highest BCUT2D eigenvalue weighted by Crippen LogP contribution is 2.31. The number of nitrogens with zero attached hydrogens (tertiary/aromatic N) is 1. The number of hydrogen-bond acceptors (Lipinski definition) is 5. The first-order chi connectivity index (χ1) is 15.4. The molecule has 0 bridgehead atoms. The van der Waals surface area contributed by atoms with Crippen molar-refractivity contribution in [3.8, 4) is 10.6 Å². The molecule has 8 heteroatoms. The van der Waals surface area contributed by atoms with Crippen LogP contribution in [0.3, 0.4) is 0 Å². The van der Waals surface area contributed by atoms with Gasteiger partial charge in [-0.2, -0.15) is 0 Å². The number of aromatic nitrogens is 1. The number of nitrogens with one attached hydrogen (secondary N) is 1. The summed E-state index contributed by atoms with van der Waals surface area (Å²) in [5, 5.41) is 14.0. The average Bonchev–Trinajstić information content (AvgIpc) is 3.40. The summed E-state index contributed by atoms with van der Waals surface area (Å²) < 4.78 is 5.58. The van der Waals surface area contributed by atoms with Gasteiger partial charge in [0.05, 0.1) is 5.69 Å². The Balaban J connectivity index is 1.43. The second kappa shape index (κ2) is 9.40. The molecular weight excluding hydrogens is 448 g/mol. The van der Waals surface area contributed by atoms with Crippen LogP contribution in [-0.4, -0.2) is 34.2 Å². The number of benzene rings is 2. The summed E-state index contributed by atoms with van der Waals surface area (Å²) >= 11 is 7.29. The van der Waals surface area contributed by atoms with Crippen molar-refractivity contribution in [2.75, 3.05) is 6.61 Å². The maximum absolute atomic E-state index is 12.8. The molecule has 1 atom stereocenters. The predicted molar refractivity (Wildman–Crippen MR) is 124 cm³/mol. The molecule has 1 aliphatic rings. The molecule has 1 unspecified atom stereocenters. The summed E-state index contributed by atoms with van der Waals surface area (Å²) in [5.74, 6) is -1.11. The Morgan fingerprint density at radius 2 is 1.97 bits per heavy atom. The van der Waals surface area contributed by atoms with Crippen LogP contribution in [0.15, 0.2) is 48.5 Å². The van der Waals surface area contributed by atoms with Crippen LogP contribution in [0.25, 0.3) is 10.6 Å². The van der Waals surface area contributed by atoms with Crippen molar-refractivity contribution >= 4 is 34.8 Å². The van der Waals surface area contributed by atoms with Gasteiger partial charge in [0, 0.05) is 30.2 Å². The van der Waals surface area contributed by atoms with Gasteiger partial charge in [0.1, 0.15) is 9.88 Å². The smallest absolute Gasteiger partial charge is 0.336 e. The lowest BCUT2D eigenvalue weighted by Crippen LogP contribution is -2.40. The van der Waals surface area contributed by atoms with Gasteiger partial charge in [-0.15, -0.1) is 11.3 Å². The van der Waals surface area contributed by atoms with Crippen LogP contribution >= 0.6 is 22.9 Å². The first-order valence-corrected chi connectivity index (χ1v) is 11.5. The topological polar surface area (TPSA) is 88.5 Å². The van der Waals surface area contributed by atoms with E-state index in [2.05, 4.69) is 10.3 Å². The van der Waals surface area contributed by atoms with E-state index in [0.29, 0.717) is 41.6 Å². The highest BCUT2D eigenvalue weighted by atomic mass is 35.5. The Labute approximate surface area is 195 Å². The van der Waals surface area contributed by atoms with Crippen molar-refractivity contribution in [2.24, 2.45) is 0 Å². The highest BCUT2D eigenvalue weighted by molar-refractivity contribution is 7.17. The van der Waals surface area contributed by atoms with Crippen molar-refractivity contribution < 1.29 is 19.4 Å². The van der Waals surface area contributed by atoms with Crippen LogP contribution in [-0.2, 0) is 22.5 Å². The molecule has 2 heterocycles. The van der Waals surface area contributed by atoms with E-state index in [1.165, 1.54) is 11.3 Å². The molecule has 2 aromatic carbocycles. The van der Waals surface area contributed by atoms with Gasteiger partial charge in [-0.05, 0) is 43.0 Å². The Kier molecular flexibility index (Phi) is 6.60. The van der Waals surface area contributed by atoms with Gasteiger partial charge in [0.25, 0.3) is 5.91 Å². The molecule has 2 N–H and O–H groups in total. The number of carboxylic acid groups (broad SMARTS) is 1. The normalized spacial score (nSPS) is 17.9. The maximum atomic E-state index is 12.8. The molecule has 4 rings (SSSR count). The van der Waals surface area contributed by atoms with Crippen molar-refractivity contribution in [2.45, 2.75) is 38.3 Å². The van der Waals surface area contributed by atoms with E-state index in [-0.39, 0.29) is 5.91 Å². The fourth-order valence-corrected chi connectivity index (χ4v) is 4.96. The number of carbonyl (C=O) groups is 2. The van der Waals surface area contributed by atoms with Crippen LogP contribution < -0.4 is 5.32 Å². The number of carbonyl (C=O) groups excluding carboxylic acids is 1. The lowest BCUT2D eigenvalue weighted by atomic mass is 9.91. The van der Waals surface area contributed by atoms with E-state index >= 15 is 0 Å². The fourth-order valence-electron chi connectivity index (χ4n) is 3.85. The van der Waals surface area contributed by atoms with Crippen molar-refractivity contribution in [3.63, 3.8) is 0 Å². The maximum Gasteiger partial charge on any atom is 0.336 e. The minimum Gasteiger partial charge on any atom is -0.479 e. The lowest BCUT2D eigenvalue weighted by molar-refractivity contribution is -0.159. The zero-order chi connectivity index (χ0) is 22.7. The van der Waals surface area contributed by atoms with E-state index in [4.69, 9.17) is 16.3 Å². The fraction of sp³-hybridized carbons (Fsp3) is 0.292. The first kappa shape index (κ1) is 22.5. The van der Waals surface area contributed by atoms with Crippen molar-refractivity contribution in [1.82, 2.24) is 10.3 Å². The van der Waals surface area contributed by atoms with Gasteiger partial charge in [0.15, 0.2) is 5.60 Å². The molecule has 32 heavy (non-hydrogen) atoms. The first-order valence-electron chi connectivity index (χ1n) is 10.3. The number of amides is 1. The summed E-state index contributed by atoms with van der Waals surface area (Å²) in [6.07, 6.45) is 1.56. The van der Waals surface area contributed by atoms with E-state index in [9.17, 15) is 14.7 Å². The third-order valence-corrected chi connectivity index (χ3v) is 6.98.